The zero-order valence-corrected chi connectivity index (χ0v) is 14.7. The average Bonchev–Trinajstić information content (AvgIpc) is 2.48. The van der Waals surface area contributed by atoms with Gasteiger partial charge in [0.15, 0.2) is 0 Å². The summed E-state index contributed by atoms with van der Waals surface area (Å²) in [6.07, 6.45) is 0. The number of sulfonamides is 1. The third-order valence-corrected chi connectivity index (χ3v) is 4.85. The maximum atomic E-state index is 12.4. The number of carbonyl (C=O) groups is 1. The van der Waals surface area contributed by atoms with Crippen LogP contribution in [0.5, 0.6) is 5.75 Å². The van der Waals surface area contributed by atoms with Crippen molar-refractivity contribution >= 4 is 15.9 Å². The number of ether oxygens (including phenoxy) is 2. The molecule has 0 saturated heterocycles. The van der Waals surface area contributed by atoms with Gasteiger partial charge in [-0.1, -0.05) is 0 Å². The highest BCUT2D eigenvalue weighted by Gasteiger charge is 2.23. The molecule has 0 radical (unpaired) electrons. The normalized spacial score (nSPS) is 12.9. The molecule has 23 heavy (non-hydrogen) atoms. The second-order valence-electron chi connectivity index (χ2n) is 5.09. The molecular weight excluding hydrogens is 320 g/mol. The lowest BCUT2D eigenvalue weighted by atomic mass is 10.3. The molecule has 0 fully saturated rings. The Hall–Kier alpha value is -1.64. The van der Waals surface area contributed by atoms with Gasteiger partial charge >= 0.3 is 0 Å². The van der Waals surface area contributed by atoms with Crippen molar-refractivity contribution in [2.75, 3.05) is 33.9 Å². The summed E-state index contributed by atoms with van der Waals surface area (Å²) in [5.74, 6) is 0.215. The van der Waals surface area contributed by atoms with E-state index in [2.05, 4.69) is 5.32 Å². The average molecular weight is 344 g/mol. The lowest BCUT2D eigenvalue weighted by Gasteiger charge is -2.19. The van der Waals surface area contributed by atoms with Gasteiger partial charge in [-0.2, -0.15) is 4.31 Å². The lowest BCUT2D eigenvalue weighted by Crippen LogP contribution is -2.43. The van der Waals surface area contributed by atoms with Crippen molar-refractivity contribution in [3.8, 4) is 5.75 Å². The van der Waals surface area contributed by atoms with Crippen molar-refractivity contribution < 1.29 is 22.7 Å². The number of carbonyl (C=O) groups excluding carboxylic acids is 1. The second-order valence-corrected chi connectivity index (χ2v) is 7.13. The molecule has 0 aromatic heterocycles. The molecule has 8 heteroatoms. The van der Waals surface area contributed by atoms with Gasteiger partial charge in [0, 0.05) is 20.2 Å². The Bertz CT molecular complexity index is 601. The van der Waals surface area contributed by atoms with E-state index in [0.29, 0.717) is 19.0 Å². The van der Waals surface area contributed by atoms with Gasteiger partial charge in [0.25, 0.3) is 0 Å². The molecule has 1 N–H and O–H groups in total. The highest BCUT2D eigenvalue weighted by atomic mass is 32.2. The SMILES string of the molecule is CCOc1ccc(S(=O)(=O)N(C)CC(=O)NC(C)COC)cc1. The molecule has 0 saturated carbocycles. The number of hydrogen-bond acceptors (Lipinski definition) is 5. The summed E-state index contributed by atoms with van der Waals surface area (Å²) in [6.45, 7) is 4.24. The fourth-order valence-corrected chi connectivity index (χ4v) is 3.08. The molecule has 1 atom stereocenters. The summed E-state index contributed by atoms with van der Waals surface area (Å²) in [5, 5.41) is 2.67. The van der Waals surface area contributed by atoms with Crippen LogP contribution in [-0.2, 0) is 19.6 Å². The van der Waals surface area contributed by atoms with Crippen LogP contribution in [0.15, 0.2) is 29.2 Å². The van der Waals surface area contributed by atoms with E-state index in [1.54, 1.807) is 19.1 Å². The number of rotatable bonds is 9. The summed E-state index contributed by atoms with van der Waals surface area (Å²) in [7, 11) is -0.828. The number of likely N-dealkylation sites (N-methyl/N-ethyl adjacent to an activating group) is 1. The first-order valence-corrected chi connectivity index (χ1v) is 8.72. The van der Waals surface area contributed by atoms with E-state index in [4.69, 9.17) is 9.47 Å². The molecule has 1 aromatic rings. The Morgan fingerprint density at radius 1 is 1.30 bits per heavy atom. The fourth-order valence-electron chi connectivity index (χ4n) is 1.95. The number of methoxy groups -OCH3 is 1. The minimum atomic E-state index is -3.73. The van der Waals surface area contributed by atoms with Crippen molar-refractivity contribution in [2.45, 2.75) is 24.8 Å². The molecule has 7 nitrogen and oxygen atoms in total. The first kappa shape index (κ1) is 19.4. The summed E-state index contributed by atoms with van der Waals surface area (Å²) < 4.78 is 36.1. The number of nitrogens with zero attached hydrogens (tertiary/aromatic N) is 1. The van der Waals surface area contributed by atoms with Crippen LogP contribution in [0.1, 0.15) is 13.8 Å². The second kappa shape index (κ2) is 8.85. The Labute approximate surface area is 137 Å². The van der Waals surface area contributed by atoms with Crippen molar-refractivity contribution in [1.82, 2.24) is 9.62 Å². The Morgan fingerprint density at radius 2 is 1.91 bits per heavy atom. The van der Waals surface area contributed by atoms with E-state index in [9.17, 15) is 13.2 Å². The van der Waals surface area contributed by atoms with Crippen molar-refractivity contribution in [1.29, 1.82) is 0 Å². The number of amides is 1. The predicted molar refractivity (Wildman–Crippen MR) is 86.9 cm³/mol. The van der Waals surface area contributed by atoms with Gasteiger partial charge in [0.05, 0.1) is 24.7 Å². The van der Waals surface area contributed by atoms with Crippen molar-refractivity contribution in [3.63, 3.8) is 0 Å². The predicted octanol–water partition coefficient (Wildman–Crippen LogP) is 0.857. The van der Waals surface area contributed by atoms with Gasteiger partial charge in [-0.05, 0) is 38.1 Å². The van der Waals surface area contributed by atoms with Gasteiger partial charge in [-0.25, -0.2) is 8.42 Å². The van der Waals surface area contributed by atoms with E-state index >= 15 is 0 Å². The number of nitrogens with one attached hydrogen (secondary N) is 1. The van der Waals surface area contributed by atoms with Crippen LogP contribution in [0.3, 0.4) is 0 Å². The molecule has 1 amide bonds. The van der Waals surface area contributed by atoms with Crippen molar-refractivity contribution in [3.05, 3.63) is 24.3 Å². The van der Waals surface area contributed by atoms with Gasteiger partial charge in [-0.15, -0.1) is 0 Å². The molecule has 0 aliphatic heterocycles. The smallest absolute Gasteiger partial charge is 0.243 e. The zero-order chi connectivity index (χ0) is 17.5. The van der Waals surface area contributed by atoms with Crippen LogP contribution in [-0.4, -0.2) is 58.6 Å². The van der Waals surface area contributed by atoms with Crippen LogP contribution < -0.4 is 10.1 Å². The topological polar surface area (TPSA) is 84.9 Å². The maximum absolute atomic E-state index is 12.4. The summed E-state index contributed by atoms with van der Waals surface area (Å²) in [6, 6.07) is 5.91. The molecular formula is C15H24N2O5S. The fraction of sp³-hybridized carbons (Fsp3) is 0.533. The molecule has 0 aliphatic carbocycles. The summed E-state index contributed by atoms with van der Waals surface area (Å²) in [4.78, 5) is 12.0. The highest BCUT2D eigenvalue weighted by Crippen LogP contribution is 2.18. The first-order valence-electron chi connectivity index (χ1n) is 7.28. The van der Waals surface area contributed by atoms with E-state index in [1.165, 1.54) is 26.3 Å². The minimum Gasteiger partial charge on any atom is -0.494 e. The molecule has 1 unspecified atom stereocenters. The van der Waals surface area contributed by atoms with Gasteiger partial charge in [-0.3, -0.25) is 4.79 Å². The van der Waals surface area contributed by atoms with E-state index < -0.39 is 10.0 Å². The van der Waals surface area contributed by atoms with Gasteiger partial charge in [0.1, 0.15) is 5.75 Å². The van der Waals surface area contributed by atoms with Gasteiger partial charge < -0.3 is 14.8 Å². The largest absolute Gasteiger partial charge is 0.494 e. The van der Waals surface area contributed by atoms with Crippen LogP contribution >= 0.6 is 0 Å². The Kier molecular flexibility index (Phi) is 7.47. The monoisotopic (exact) mass is 344 g/mol. The van der Waals surface area contributed by atoms with Crippen LogP contribution in [0, 0.1) is 0 Å². The molecule has 1 rings (SSSR count). The molecule has 0 spiro atoms. The zero-order valence-electron chi connectivity index (χ0n) is 13.9. The summed E-state index contributed by atoms with van der Waals surface area (Å²) in [5.41, 5.74) is 0. The third-order valence-electron chi connectivity index (χ3n) is 3.03. The highest BCUT2D eigenvalue weighted by molar-refractivity contribution is 7.89. The van der Waals surface area contributed by atoms with E-state index in [1.807, 2.05) is 6.92 Å². The third kappa shape index (κ3) is 5.81. The van der Waals surface area contributed by atoms with Crippen LogP contribution in [0.25, 0.3) is 0 Å². The number of hydrogen-bond donors (Lipinski definition) is 1. The minimum absolute atomic E-state index is 0.112. The van der Waals surface area contributed by atoms with Crippen molar-refractivity contribution in [2.24, 2.45) is 0 Å². The molecule has 0 bridgehead atoms. The molecule has 0 aliphatic rings. The van der Waals surface area contributed by atoms with E-state index in [0.717, 1.165) is 4.31 Å². The molecule has 130 valence electrons. The quantitative estimate of drug-likeness (QED) is 0.718. The van der Waals surface area contributed by atoms with Crippen LogP contribution in [0.2, 0.25) is 0 Å². The Morgan fingerprint density at radius 3 is 2.43 bits per heavy atom. The van der Waals surface area contributed by atoms with Gasteiger partial charge in [0.2, 0.25) is 15.9 Å². The van der Waals surface area contributed by atoms with Crippen LogP contribution in [0.4, 0.5) is 0 Å². The standard InChI is InChI=1S/C15H24N2O5S/c1-5-22-13-6-8-14(9-7-13)23(19,20)17(3)10-15(18)16-12(2)11-21-4/h6-9,12H,5,10-11H2,1-4H3,(H,16,18). The van der Waals surface area contributed by atoms with E-state index in [-0.39, 0.29) is 23.4 Å². The first-order chi connectivity index (χ1) is 10.8. The Balaban J connectivity index is 2.73. The molecule has 0 heterocycles. The maximum Gasteiger partial charge on any atom is 0.243 e. The molecule has 1 aromatic carbocycles. The summed E-state index contributed by atoms with van der Waals surface area (Å²) >= 11 is 0. The number of benzene rings is 1. The lowest BCUT2D eigenvalue weighted by molar-refractivity contribution is -0.122.